The molecule has 2 N–H and O–H groups in total. The van der Waals surface area contributed by atoms with Crippen LogP contribution in [0, 0.1) is 0 Å². The van der Waals surface area contributed by atoms with Gasteiger partial charge in [0.15, 0.2) is 5.11 Å². The van der Waals surface area contributed by atoms with Crippen molar-refractivity contribution in [3.05, 3.63) is 75.4 Å². The van der Waals surface area contributed by atoms with Gasteiger partial charge in [0.05, 0.1) is 23.8 Å². The van der Waals surface area contributed by atoms with Gasteiger partial charge in [0.1, 0.15) is 0 Å². The Balaban J connectivity index is 1.93. The molecular weight excluding hydrogens is 466 g/mol. The van der Waals surface area contributed by atoms with Crippen LogP contribution in [0.3, 0.4) is 0 Å². The number of anilines is 1. The second-order valence-corrected chi connectivity index (χ2v) is 7.96. The maximum Gasteiger partial charge on any atom is 0.338 e. The Morgan fingerprint density at radius 3 is 2.67 bits per heavy atom. The number of amides is 1. The van der Waals surface area contributed by atoms with Gasteiger partial charge in [0.25, 0.3) is 5.91 Å². The van der Waals surface area contributed by atoms with E-state index in [0.717, 1.165) is 11.3 Å². The summed E-state index contributed by atoms with van der Waals surface area (Å²) in [5, 5.41) is 6.62. The van der Waals surface area contributed by atoms with Gasteiger partial charge >= 0.3 is 5.97 Å². The second-order valence-electron chi connectivity index (χ2n) is 6.72. The molecule has 0 saturated heterocycles. The van der Waals surface area contributed by atoms with Gasteiger partial charge in [0.2, 0.25) is 0 Å². The first kappa shape index (κ1) is 22.0. The Bertz CT molecular complexity index is 1040. The molecule has 0 spiro atoms. The number of thiocarbonyl (C=S) groups is 1. The van der Waals surface area contributed by atoms with Gasteiger partial charge in [-0.05, 0) is 71.8 Å². The molecule has 3 rings (SSSR count). The number of hydrogen-bond donors (Lipinski definition) is 2. The molecule has 0 radical (unpaired) electrons. The molecule has 1 aliphatic heterocycles. The van der Waals surface area contributed by atoms with Crippen LogP contribution in [0.5, 0.6) is 0 Å². The number of carbonyl (C=O) groups is 2. The van der Waals surface area contributed by atoms with E-state index >= 15 is 0 Å². The normalized spacial score (nSPS) is 16.2. The van der Waals surface area contributed by atoms with Crippen molar-refractivity contribution < 1.29 is 14.3 Å². The van der Waals surface area contributed by atoms with Crippen molar-refractivity contribution >= 4 is 50.8 Å². The zero-order chi connectivity index (χ0) is 21.8. The third kappa shape index (κ3) is 4.55. The van der Waals surface area contributed by atoms with E-state index in [-0.39, 0.29) is 12.5 Å². The molecule has 8 heteroatoms. The van der Waals surface area contributed by atoms with Gasteiger partial charge < -0.3 is 20.3 Å². The standard InChI is InChI=1S/C22H22BrN3O3S/c1-4-29-21(28)18-13(2)26(3)22(30)25-19(18)14-8-7-9-15(12-14)24-20(27)16-10-5-6-11-17(16)23/h5-12,19H,4H2,1-3H3,(H,24,27)(H,25,30)/t19-/m1/s1. The quantitative estimate of drug-likeness (QED) is 0.481. The van der Waals surface area contributed by atoms with Gasteiger partial charge in [-0.25, -0.2) is 4.79 Å². The molecule has 2 aromatic rings. The molecule has 0 fully saturated rings. The van der Waals surface area contributed by atoms with E-state index in [4.69, 9.17) is 17.0 Å². The van der Waals surface area contributed by atoms with E-state index in [2.05, 4.69) is 26.6 Å². The molecule has 0 unspecified atom stereocenters. The van der Waals surface area contributed by atoms with Gasteiger partial charge in [-0.15, -0.1) is 0 Å². The Hall–Kier alpha value is -2.71. The van der Waals surface area contributed by atoms with Crippen LogP contribution in [0.2, 0.25) is 0 Å². The zero-order valence-corrected chi connectivity index (χ0v) is 19.3. The van der Waals surface area contributed by atoms with Gasteiger partial charge in [-0.3, -0.25) is 4.79 Å². The fourth-order valence-corrected chi connectivity index (χ4v) is 3.92. The molecule has 2 aromatic carbocycles. The lowest BCUT2D eigenvalue weighted by Gasteiger charge is -2.35. The third-order valence-electron chi connectivity index (χ3n) is 4.85. The molecule has 0 saturated carbocycles. The Morgan fingerprint density at radius 1 is 1.23 bits per heavy atom. The molecule has 0 bridgehead atoms. The highest BCUT2D eigenvalue weighted by molar-refractivity contribution is 9.10. The maximum atomic E-state index is 12.7. The first-order chi connectivity index (χ1) is 14.3. The summed E-state index contributed by atoms with van der Waals surface area (Å²) in [4.78, 5) is 27.1. The van der Waals surface area contributed by atoms with Crippen molar-refractivity contribution in [1.29, 1.82) is 0 Å². The van der Waals surface area contributed by atoms with Gasteiger partial charge in [-0.2, -0.15) is 0 Å². The highest BCUT2D eigenvalue weighted by Crippen LogP contribution is 2.32. The lowest BCUT2D eigenvalue weighted by molar-refractivity contribution is -0.139. The average molecular weight is 488 g/mol. The SMILES string of the molecule is CCOC(=O)C1=C(C)N(C)C(=S)N[C@@H]1c1cccc(NC(=O)c2ccccc2Br)c1. The van der Waals surface area contributed by atoms with Crippen LogP contribution < -0.4 is 10.6 Å². The zero-order valence-electron chi connectivity index (χ0n) is 16.9. The number of ether oxygens (including phenoxy) is 1. The van der Waals surface area contributed by atoms with E-state index in [1.54, 1.807) is 37.1 Å². The summed E-state index contributed by atoms with van der Waals surface area (Å²) in [6.07, 6.45) is 0. The Labute approximate surface area is 189 Å². The minimum Gasteiger partial charge on any atom is -0.463 e. The largest absolute Gasteiger partial charge is 0.463 e. The van der Waals surface area contributed by atoms with Gasteiger partial charge in [-0.1, -0.05) is 24.3 Å². The molecule has 0 aliphatic carbocycles. The summed E-state index contributed by atoms with van der Waals surface area (Å²) < 4.78 is 5.98. The summed E-state index contributed by atoms with van der Waals surface area (Å²) >= 11 is 8.82. The van der Waals surface area contributed by atoms with Crippen LogP contribution >= 0.6 is 28.1 Å². The highest BCUT2D eigenvalue weighted by atomic mass is 79.9. The number of esters is 1. The Kier molecular flexibility index (Phi) is 6.89. The fraction of sp³-hybridized carbons (Fsp3) is 0.227. The maximum absolute atomic E-state index is 12.7. The van der Waals surface area contributed by atoms with Crippen molar-refractivity contribution in [3.8, 4) is 0 Å². The molecular formula is C22H22BrN3O3S. The smallest absolute Gasteiger partial charge is 0.338 e. The molecule has 0 aromatic heterocycles. The minimum absolute atomic E-state index is 0.233. The van der Waals surface area contributed by atoms with Gasteiger partial charge in [0, 0.05) is 22.9 Å². The van der Waals surface area contributed by atoms with Crippen molar-refractivity contribution in [2.75, 3.05) is 19.0 Å². The summed E-state index contributed by atoms with van der Waals surface area (Å²) in [7, 11) is 1.80. The number of hydrogen-bond acceptors (Lipinski definition) is 4. The van der Waals surface area contributed by atoms with E-state index in [9.17, 15) is 9.59 Å². The summed E-state index contributed by atoms with van der Waals surface area (Å²) in [6, 6.07) is 14.1. The van der Waals surface area contributed by atoms with Crippen molar-refractivity contribution in [2.45, 2.75) is 19.9 Å². The minimum atomic E-state index is -0.479. The molecule has 156 valence electrons. The summed E-state index contributed by atoms with van der Waals surface area (Å²) in [5.74, 6) is -0.631. The number of benzene rings is 2. The van der Waals surface area contributed by atoms with Crippen LogP contribution in [0.15, 0.2) is 64.3 Å². The van der Waals surface area contributed by atoms with Crippen molar-refractivity contribution in [2.24, 2.45) is 0 Å². The first-order valence-corrected chi connectivity index (χ1v) is 10.6. The summed E-state index contributed by atoms with van der Waals surface area (Å²) in [5.41, 5.74) is 3.15. The van der Waals surface area contributed by atoms with Crippen LogP contribution in [0.4, 0.5) is 5.69 Å². The Morgan fingerprint density at radius 2 is 1.97 bits per heavy atom. The first-order valence-electron chi connectivity index (χ1n) is 9.41. The molecule has 1 aliphatic rings. The second kappa shape index (κ2) is 9.40. The number of nitrogens with zero attached hydrogens (tertiary/aromatic N) is 1. The van der Waals surface area contributed by atoms with Crippen LogP contribution in [-0.2, 0) is 9.53 Å². The number of rotatable bonds is 5. The third-order valence-corrected chi connectivity index (χ3v) is 5.93. The fourth-order valence-electron chi connectivity index (χ4n) is 3.20. The molecule has 1 heterocycles. The average Bonchev–Trinajstić information content (AvgIpc) is 2.72. The number of nitrogens with one attached hydrogen (secondary N) is 2. The molecule has 1 amide bonds. The van der Waals surface area contributed by atoms with Crippen LogP contribution in [-0.4, -0.2) is 35.5 Å². The topological polar surface area (TPSA) is 70.7 Å². The van der Waals surface area contributed by atoms with Crippen LogP contribution in [0.25, 0.3) is 0 Å². The lowest BCUT2D eigenvalue weighted by Crippen LogP contribution is -2.46. The number of allylic oxidation sites excluding steroid dienone is 1. The monoisotopic (exact) mass is 487 g/mol. The van der Waals surface area contributed by atoms with Crippen molar-refractivity contribution in [3.63, 3.8) is 0 Å². The number of carbonyl (C=O) groups excluding carboxylic acids is 2. The molecule has 1 atom stereocenters. The highest BCUT2D eigenvalue weighted by Gasteiger charge is 2.33. The predicted molar refractivity (Wildman–Crippen MR) is 124 cm³/mol. The van der Waals surface area contributed by atoms with E-state index in [0.29, 0.717) is 26.4 Å². The predicted octanol–water partition coefficient (Wildman–Crippen LogP) is 4.40. The van der Waals surface area contributed by atoms with Crippen molar-refractivity contribution in [1.82, 2.24) is 10.2 Å². The van der Waals surface area contributed by atoms with E-state index in [1.165, 1.54) is 0 Å². The number of halogens is 1. The summed E-state index contributed by atoms with van der Waals surface area (Å²) in [6.45, 7) is 3.88. The van der Waals surface area contributed by atoms with Crippen LogP contribution in [0.1, 0.15) is 35.8 Å². The molecule has 6 nitrogen and oxygen atoms in total. The van der Waals surface area contributed by atoms with E-state index < -0.39 is 12.0 Å². The molecule has 30 heavy (non-hydrogen) atoms. The van der Waals surface area contributed by atoms with E-state index in [1.807, 2.05) is 37.3 Å². The lowest BCUT2D eigenvalue weighted by atomic mass is 9.95.